The average Bonchev–Trinajstić information content (AvgIpc) is 2.76. The zero-order valence-corrected chi connectivity index (χ0v) is 13.0. The van der Waals surface area contributed by atoms with Crippen molar-refractivity contribution in [2.24, 2.45) is 0 Å². The number of nitrogens with zero attached hydrogens (tertiary/aromatic N) is 1. The molecule has 0 atom stereocenters. The molecule has 1 aromatic heterocycles. The molecule has 2 heterocycles. The molecule has 0 amide bonds. The molecule has 2 rings (SSSR count). The van der Waals surface area contributed by atoms with Gasteiger partial charge in [-0.3, -0.25) is 0 Å². The number of hydrogen-bond acceptors (Lipinski definition) is 2. The molecule has 0 aliphatic carbocycles. The first kappa shape index (κ1) is 13.9. The van der Waals surface area contributed by atoms with Gasteiger partial charge >= 0.3 is 0 Å². The largest absolute Gasteiger partial charge is 0.475 e. The normalized spacial score (nSPS) is 18.8. The second kappa shape index (κ2) is 6.57. The van der Waals surface area contributed by atoms with E-state index in [1.165, 1.54) is 63.2 Å². The van der Waals surface area contributed by atoms with Crippen LogP contribution in [0.5, 0.6) is 0 Å². The second-order valence-electron chi connectivity index (χ2n) is 6.22. The van der Waals surface area contributed by atoms with Crippen molar-refractivity contribution in [3.63, 3.8) is 0 Å². The number of rotatable bonds is 5. The van der Waals surface area contributed by atoms with E-state index in [1.54, 1.807) is 0 Å². The van der Waals surface area contributed by atoms with Gasteiger partial charge in [0.25, 0.3) is 0 Å². The van der Waals surface area contributed by atoms with Crippen LogP contribution in [0.2, 0.25) is 19.1 Å². The Morgan fingerprint density at radius 1 is 1.17 bits per heavy atom. The molecule has 0 saturated carbocycles. The number of likely N-dealkylation sites (tertiary alicyclic amines) is 1. The third kappa shape index (κ3) is 3.99. The Morgan fingerprint density at radius 2 is 1.89 bits per heavy atom. The topological polar surface area (TPSA) is 16.4 Å². The summed E-state index contributed by atoms with van der Waals surface area (Å²) in [7, 11) is -1.32. The molecular weight excluding hydrogens is 238 g/mol. The van der Waals surface area contributed by atoms with Crippen LogP contribution >= 0.6 is 0 Å². The van der Waals surface area contributed by atoms with Gasteiger partial charge in [0.2, 0.25) is 0 Å². The predicted octanol–water partition coefficient (Wildman–Crippen LogP) is 3.46. The van der Waals surface area contributed by atoms with Crippen LogP contribution in [0, 0.1) is 0 Å². The van der Waals surface area contributed by atoms with Gasteiger partial charge in [-0.2, -0.15) is 0 Å². The van der Waals surface area contributed by atoms with Gasteiger partial charge in [0.05, 0.1) is 11.6 Å². The standard InChI is InChI=1S/C15H27NOSi/c1-18(2,15-9-7-13-17-15)14-8-12-16-10-5-3-4-6-11-16/h7,9,13H,3-6,8,10-12,14H2,1-2H3. The summed E-state index contributed by atoms with van der Waals surface area (Å²) in [6, 6.07) is 5.54. The summed E-state index contributed by atoms with van der Waals surface area (Å²) in [5, 5.41) is 1.26. The summed E-state index contributed by atoms with van der Waals surface area (Å²) < 4.78 is 5.61. The fourth-order valence-corrected chi connectivity index (χ4v) is 5.11. The van der Waals surface area contributed by atoms with Crippen molar-refractivity contribution in [3.05, 3.63) is 18.4 Å². The molecule has 3 heteroatoms. The molecule has 1 aliphatic rings. The molecule has 0 bridgehead atoms. The van der Waals surface area contributed by atoms with E-state index in [9.17, 15) is 0 Å². The monoisotopic (exact) mass is 265 g/mol. The van der Waals surface area contributed by atoms with Crippen LogP contribution in [0.1, 0.15) is 32.1 Å². The minimum absolute atomic E-state index is 1.26. The fourth-order valence-electron chi connectivity index (χ4n) is 2.89. The van der Waals surface area contributed by atoms with E-state index in [0.29, 0.717) is 0 Å². The Morgan fingerprint density at radius 3 is 2.50 bits per heavy atom. The maximum atomic E-state index is 5.61. The van der Waals surface area contributed by atoms with E-state index >= 15 is 0 Å². The highest BCUT2D eigenvalue weighted by Gasteiger charge is 2.26. The molecule has 2 nitrogen and oxygen atoms in total. The Kier molecular flexibility index (Phi) is 5.07. The SMILES string of the molecule is C[Si](C)(CCCN1CCCCCC1)c1ccco1. The summed E-state index contributed by atoms with van der Waals surface area (Å²) in [6.45, 7) is 8.78. The lowest BCUT2D eigenvalue weighted by molar-refractivity contribution is 0.285. The van der Waals surface area contributed by atoms with Crippen LogP contribution in [-0.4, -0.2) is 32.6 Å². The molecule has 1 aromatic rings. The third-order valence-corrected chi connectivity index (χ3v) is 7.39. The van der Waals surface area contributed by atoms with Gasteiger partial charge in [-0.15, -0.1) is 0 Å². The Hall–Kier alpha value is -0.543. The van der Waals surface area contributed by atoms with E-state index in [4.69, 9.17) is 4.42 Å². The lowest BCUT2D eigenvalue weighted by atomic mass is 10.2. The predicted molar refractivity (Wildman–Crippen MR) is 80.2 cm³/mol. The molecule has 18 heavy (non-hydrogen) atoms. The molecule has 0 aromatic carbocycles. The van der Waals surface area contributed by atoms with Crippen molar-refractivity contribution in [1.29, 1.82) is 0 Å². The smallest absolute Gasteiger partial charge is 0.126 e. The van der Waals surface area contributed by atoms with Crippen molar-refractivity contribution < 1.29 is 4.42 Å². The number of furan rings is 1. The van der Waals surface area contributed by atoms with Gasteiger partial charge in [0, 0.05) is 0 Å². The zero-order valence-electron chi connectivity index (χ0n) is 12.0. The Bertz CT molecular complexity index is 326. The summed E-state index contributed by atoms with van der Waals surface area (Å²) in [5.74, 6) is 0. The van der Waals surface area contributed by atoms with Crippen molar-refractivity contribution in [3.8, 4) is 0 Å². The second-order valence-corrected chi connectivity index (χ2v) is 11.0. The zero-order chi connectivity index (χ0) is 12.8. The first-order valence-corrected chi connectivity index (χ1v) is 10.7. The number of hydrogen-bond donors (Lipinski definition) is 0. The first-order chi connectivity index (χ1) is 8.68. The molecule has 0 unspecified atom stereocenters. The van der Waals surface area contributed by atoms with Crippen molar-refractivity contribution >= 4 is 13.5 Å². The molecule has 0 N–H and O–H groups in total. The van der Waals surface area contributed by atoms with E-state index in [0.717, 1.165) is 0 Å². The third-order valence-electron chi connectivity index (χ3n) is 4.16. The molecular formula is C15H27NOSi. The van der Waals surface area contributed by atoms with Gasteiger partial charge in [0.1, 0.15) is 8.07 Å². The lowest BCUT2D eigenvalue weighted by Gasteiger charge is -2.23. The minimum Gasteiger partial charge on any atom is -0.475 e. The van der Waals surface area contributed by atoms with Crippen LogP contribution < -0.4 is 5.38 Å². The molecule has 102 valence electrons. The summed E-state index contributed by atoms with van der Waals surface area (Å²) in [6.07, 6.45) is 8.82. The highest BCUT2D eigenvalue weighted by molar-refractivity contribution is 6.88. The first-order valence-electron chi connectivity index (χ1n) is 7.45. The van der Waals surface area contributed by atoms with Crippen LogP contribution in [-0.2, 0) is 0 Å². The van der Waals surface area contributed by atoms with Crippen LogP contribution in [0.3, 0.4) is 0 Å². The van der Waals surface area contributed by atoms with Crippen LogP contribution in [0.25, 0.3) is 0 Å². The van der Waals surface area contributed by atoms with E-state index < -0.39 is 8.07 Å². The quantitative estimate of drug-likeness (QED) is 0.758. The summed E-state index contributed by atoms with van der Waals surface area (Å²) >= 11 is 0. The molecule has 0 spiro atoms. The summed E-state index contributed by atoms with van der Waals surface area (Å²) in [5.41, 5.74) is 0. The van der Waals surface area contributed by atoms with E-state index in [2.05, 4.69) is 24.1 Å². The maximum absolute atomic E-state index is 5.61. The van der Waals surface area contributed by atoms with Gasteiger partial charge in [-0.05, 0) is 57.1 Å². The Balaban J connectivity index is 1.74. The van der Waals surface area contributed by atoms with Crippen LogP contribution in [0.15, 0.2) is 22.8 Å². The van der Waals surface area contributed by atoms with E-state index in [-0.39, 0.29) is 0 Å². The van der Waals surface area contributed by atoms with Crippen molar-refractivity contribution in [2.45, 2.75) is 51.2 Å². The van der Waals surface area contributed by atoms with Gasteiger partial charge < -0.3 is 9.32 Å². The molecule has 1 fully saturated rings. The van der Waals surface area contributed by atoms with E-state index in [1.807, 2.05) is 12.3 Å². The summed E-state index contributed by atoms with van der Waals surface area (Å²) in [4.78, 5) is 2.67. The average molecular weight is 265 g/mol. The molecule has 1 aliphatic heterocycles. The van der Waals surface area contributed by atoms with Crippen LogP contribution in [0.4, 0.5) is 0 Å². The highest BCUT2D eigenvalue weighted by atomic mass is 28.3. The van der Waals surface area contributed by atoms with Crippen molar-refractivity contribution in [2.75, 3.05) is 19.6 Å². The Labute approximate surface area is 112 Å². The lowest BCUT2D eigenvalue weighted by Crippen LogP contribution is -2.41. The minimum atomic E-state index is -1.32. The van der Waals surface area contributed by atoms with Gasteiger partial charge in [-0.25, -0.2) is 0 Å². The fraction of sp³-hybridized carbons (Fsp3) is 0.733. The van der Waals surface area contributed by atoms with Gasteiger partial charge in [0.15, 0.2) is 0 Å². The van der Waals surface area contributed by atoms with Crippen molar-refractivity contribution in [1.82, 2.24) is 4.90 Å². The molecule has 1 saturated heterocycles. The maximum Gasteiger partial charge on any atom is 0.126 e. The van der Waals surface area contributed by atoms with Gasteiger partial charge in [-0.1, -0.05) is 25.9 Å². The molecule has 0 radical (unpaired) electrons. The highest BCUT2D eigenvalue weighted by Crippen LogP contribution is 2.15.